The number of imide groups is 1. The summed E-state index contributed by atoms with van der Waals surface area (Å²) >= 11 is 12.3. The zero-order chi connectivity index (χ0) is 23.4. The zero-order valence-corrected chi connectivity index (χ0v) is 18.6. The summed E-state index contributed by atoms with van der Waals surface area (Å²) in [7, 11) is 0. The summed E-state index contributed by atoms with van der Waals surface area (Å²) < 4.78 is 7.27. The summed E-state index contributed by atoms with van der Waals surface area (Å²) in [6.45, 7) is -0.454. The standard InChI is InChI=1S/C22H19Cl2N3O6/c23-12-7-14-15(8-13(12)24)27(22-19(30)18(29)16(9-28)33-22)17(25-14)5-6-26-20(31)10-3-1-2-4-11(10)21(26)32/h1-4,7-8,16,18-19,22,28-30H,5-6,9H2/t16-,18-,19-,22-/m1/s1. The van der Waals surface area contributed by atoms with Crippen LogP contribution >= 0.6 is 23.2 Å². The first kappa shape index (κ1) is 22.3. The van der Waals surface area contributed by atoms with Gasteiger partial charge in [-0.15, -0.1) is 0 Å². The third kappa shape index (κ3) is 3.52. The van der Waals surface area contributed by atoms with E-state index >= 15 is 0 Å². The lowest BCUT2D eigenvalue weighted by Gasteiger charge is -2.21. The highest BCUT2D eigenvalue weighted by molar-refractivity contribution is 6.42. The number of aliphatic hydroxyl groups is 3. The van der Waals surface area contributed by atoms with Gasteiger partial charge in [0.1, 0.15) is 24.1 Å². The van der Waals surface area contributed by atoms with Gasteiger partial charge >= 0.3 is 0 Å². The number of carbonyl (C=O) groups is 2. The van der Waals surface area contributed by atoms with Crippen LogP contribution in [0, 0.1) is 0 Å². The van der Waals surface area contributed by atoms with Crippen LogP contribution < -0.4 is 0 Å². The predicted molar refractivity (Wildman–Crippen MR) is 118 cm³/mol. The van der Waals surface area contributed by atoms with Crippen LogP contribution in [0.15, 0.2) is 36.4 Å². The molecule has 2 aromatic carbocycles. The second-order valence-corrected chi connectivity index (χ2v) is 8.75. The number of amides is 2. The maximum Gasteiger partial charge on any atom is 0.261 e. The van der Waals surface area contributed by atoms with Crippen LogP contribution in [0.3, 0.4) is 0 Å². The van der Waals surface area contributed by atoms with E-state index in [9.17, 15) is 24.9 Å². The van der Waals surface area contributed by atoms with Gasteiger partial charge < -0.3 is 20.1 Å². The summed E-state index contributed by atoms with van der Waals surface area (Å²) in [5, 5.41) is 30.9. The molecule has 2 amide bonds. The molecule has 5 rings (SSSR count). The van der Waals surface area contributed by atoms with Crippen molar-refractivity contribution in [1.29, 1.82) is 0 Å². The predicted octanol–water partition coefficient (Wildman–Crippen LogP) is 1.79. The normalized spacial score (nSPS) is 24.8. The maximum atomic E-state index is 12.7. The Bertz CT molecular complexity index is 1240. The van der Waals surface area contributed by atoms with Gasteiger partial charge in [0.25, 0.3) is 11.8 Å². The van der Waals surface area contributed by atoms with Crippen molar-refractivity contribution in [2.75, 3.05) is 13.2 Å². The molecule has 2 aliphatic heterocycles. The molecule has 4 atom stereocenters. The minimum absolute atomic E-state index is 0.0337. The molecule has 0 unspecified atom stereocenters. The Morgan fingerprint density at radius 3 is 2.24 bits per heavy atom. The second kappa shape index (κ2) is 8.35. The number of fused-ring (bicyclic) bond motifs is 2. The Hall–Kier alpha value is -2.53. The van der Waals surface area contributed by atoms with Crippen molar-refractivity contribution < 1.29 is 29.6 Å². The average Bonchev–Trinajstić information content (AvgIpc) is 3.38. The van der Waals surface area contributed by atoms with E-state index in [1.165, 1.54) is 0 Å². The van der Waals surface area contributed by atoms with E-state index in [-0.39, 0.29) is 23.0 Å². The van der Waals surface area contributed by atoms with Gasteiger partial charge in [-0.2, -0.15) is 0 Å². The van der Waals surface area contributed by atoms with Crippen LogP contribution in [-0.2, 0) is 11.2 Å². The van der Waals surface area contributed by atoms with E-state index in [0.29, 0.717) is 28.0 Å². The molecule has 0 aliphatic carbocycles. The summed E-state index contributed by atoms with van der Waals surface area (Å²) in [5.74, 6) is -0.399. The Balaban J connectivity index is 1.51. The monoisotopic (exact) mass is 491 g/mol. The number of halogens is 2. The molecule has 0 spiro atoms. The van der Waals surface area contributed by atoms with Gasteiger partial charge in [-0.1, -0.05) is 35.3 Å². The van der Waals surface area contributed by atoms with Gasteiger partial charge in [-0.05, 0) is 24.3 Å². The minimum atomic E-state index is -1.35. The number of imidazole rings is 1. The third-order valence-corrected chi connectivity index (χ3v) is 6.74. The molecule has 1 aromatic heterocycles. The molecule has 9 nitrogen and oxygen atoms in total. The summed E-state index contributed by atoms with van der Waals surface area (Å²) in [4.78, 5) is 31.2. The number of aromatic nitrogens is 2. The van der Waals surface area contributed by atoms with Crippen molar-refractivity contribution >= 4 is 46.0 Å². The lowest BCUT2D eigenvalue weighted by atomic mass is 10.1. The van der Waals surface area contributed by atoms with Crippen LogP contribution in [0.5, 0.6) is 0 Å². The fourth-order valence-electron chi connectivity index (χ4n) is 4.35. The Morgan fingerprint density at radius 2 is 1.64 bits per heavy atom. The molecular formula is C22H19Cl2N3O6. The SMILES string of the molecule is O=C1c2ccccc2C(=O)N1CCc1nc2cc(Cl)c(Cl)cc2n1[C@@H]1O[C@H](CO)[C@@H](O)[C@H]1O. The smallest absolute Gasteiger partial charge is 0.261 e. The number of rotatable bonds is 5. The Morgan fingerprint density at radius 1 is 1.00 bits per heavy atom. The van der Waals surface area contributed by atoms with Crippen molar-refractivity contribution in [1.82, 2.24) is 14.5 Å². The lowest BCUT2D eigenvalue weighted by Crippen LogP contribution is -2.34. The topological polar surface area (TPSA) is 125 Å². The first-order chi connectivity index (χ1) is 15.8. The van der Waals surface area contributed by atoms with Crippen molar-refractivity contribution in [2.45, 2.75) is 31.0 Å². The van der Waals surface area contributed by atoms with Gasteiger partial charge in [-0.25, -0.2) is 4.98 Å². The molecule has 33 heavy (non-hydrogen) atoms. The number of benzene rings is 2. The molecule has 3 aromatic rings. The largest absolute Gasteiger partial charge is 0.394 e. The molecule has 0 bridgehead atoms. The van der Waals surface area contributed by atoms with Crippen LogP contribution in [0.1, 0.15) is 32.8 Å². The molecule has 1 saturated heterocycles. The lowest BCUT2D eigenvalue weighted by molar-refractivity contribution is -0.0520. The van der Waals surface area contributed by atoms with E-state index in [1.54, 1.807) is 41.0 Å². The number of carbonyl (C=O) groups excluding carboxylic acids is 2. The second-order valence-electron chi connectivity index (χ2n) is 7.94. The number of hydrogen-bond donors (Lipinski definition) is 3. The van der Waals surface area contributed by atoms with Gasteiger partial charge in [0, 0.05) is 13.0 Å². The van der Waals surface area contributed by atoms with E-state index in [1.807, 2.05) is 0 Å². The van der Waals surface area contributed by atoms with E-state index in [2.05, 4.69) is 4.98 Å². The minimum Gasteiger partial charge on any atom is -0.394 e. The highest BCUT2D eigenvalue weighted by Gasteiger charge is 2.45. The molecule has 11 heteroatoms. The van der Waals surface area contributed by atoms with Crippen molar-refractivity contribution in [3.8, 4) is 0 Å². The number of nitrogens with zero attached hydrogens (tertiary/aromatic N) is 3. The first-order valence-electron chi connectivity index (χ1n) is 10.3. The molecule has 0 radical (unpaired) electrons. The number of aliphatic hydroxyl groups excluding tert-OH is 3. The molecule has 2 aliphatic rings. The molecular weight excluding hydrogens is 473 g/mol. The highest BCUT2D eigenvalue weighted by Crippen LogP contribution is 2.36. The van der Waals surface area contributed by atoms with Crippen molar-refractivity contribution in [3.63, 3.8) is 0 Å². The van der Waals surface area contributed by atoms with Crippen molar-refractivity contribution in [2.24, 2.45) is 0 Å². The summed E-state index contributed by atoms with van der Waals surface area (Å²) in [6, 6.07) is 9.72. The first-order valence-corrected chi connectivity index (χ1v) is 11.0. The van der Waals surface area contributed by atoms with Crippen LogP contribution in [0.25, 0.3) is 11.0 Å². The third-order valence-electron chi connectivity index (χ3n) is 6.01. The fraction of sp³-hybridized carbons (Fsp3) is 0.318. The van der Waals surface area contributed by atoms with Gasteiger partial charge in [0.15, 0.2) is 6.23 Å². The molecule has 3 N–H and O–H groups in total. The molecule has 1 fully saturated rings. The molecule has 0 saturated carbocycles. The highest BCUT2D eigenvalue weighted by atomic mass is 35.5. The Labute approximate surface area is 197 Å². The summed E-state index contributed by atoms with van der Waals surface area (Å²) in [5.41, 5.74) is 1.63. The Kier molecular flexibility index (Phi) is 5.64. The van der Waals surface area contributed by atoms with Crippen LogP contribution in [0.2, 0.25) is 10.0 Å². The fourth-order valence-corrected chi connectivity index (χ4v) is 4.66. The average molecular weight is 492 g/mol. The van der Waals surface area contributed by atoms with Crippen LogP contribution in [0.4, 0.5) is 0 Å². The summed E-state index contributed by atoms with van der Waals surface area (Å²) in [6.07, 6.45) is -4.59. The number of hydrogen-bond acceptors (Lipinski definition) is 7. The quantitative estimate of drug-likeness (QED) is 0.464. The van der Waals surface area contributed by atoms with Crippen molar-refractivity contribution in [3.05, 3.63) is 63.4 Å². The molecule has 3 heterocycles. The number of ether oxygens (including phenoxy) is 1. The van der Waals surface area contributed by atoms with Crippen LogP contribution in [-0.4, -0.2) is 73.0 Å². The maximum absolute atomic E-state index is 12.7. The van der Waals surface area contributed by atoms with E-state index in [4.69, 9.17) is 27.9 Å². The van der Waals surface area contributed by atoms with Gasteiger partial charge in [-0.3, -0.25) is 19.1 Å². The van der Waals surface area contributed by atoms with E-state index < -0.39 is 43.0 Å². The van der Waals surface area contributed by atoms with E-state index in [0.717, 1.165) is 4.90 Å². The van der Waals surface area contributed by atoms with Gasteiger partial charge in [0.05, 0.1) is 38.8 Å². The zero-order valence-electron chi connectivity index (χ0n) is 17.1. The van der Waals surface area contributed by atoms with Gasteiger partial charge in [0.2, 0.25) is 0 Å². The molecule has 172 valence electrons.